The van der Waals surface area contributed by atoms with Gasteiger partial charge in [0.25, 0.3) is 0 Å². The van der Waals surface area contributed by atoms with Crippen molar-refractivity contribution in [3.63, 3.8) is 0 Å². The Labute approximate surface area is 105 Å². The summed E-state index contributed by atoms with van der Waals surface area (Å²) in [7, 11) is 0. The van der Waals surface area contributed by atoms with E-state index in [0.29, 0.717) is 6.54 Å². The van der Waals surface area contributed by atoms with E-state index in [1.54, 1.807) is 17.4 Å². The zero-order chi connectivity index (χ0) is 12.1. The molecular weight excluding hydrogens is 235 g/mol. The van der Waals surface area contributed by atoms with Crippen LogP contribution >= 0.6 is 11.3 Å². The van der Waals surface area contributed by atoms with Crippen molar-refractivity contribution < 1.29 is 4.39 Å². The molecule has 0 aliphatic rings. The number of hydrogen-bond acceptors (Lipinski definition) is 3. The Morgan fingerprint density at radius 2 is 2.29 bits per heavy atom. The highest BCUT2D eigenvalue weighted by atomic mass is 32.1. The van der Waals surface area contributed by atoms with Gasteiger partial charge in [-0.15, -0.1) is 11.3 Å². The summed E-state index contributed by atoms with van der Waals surface area (Å²) < 4.78 is 13.0. The molecule has 17 heavy (non-hydrogen) atoms. The van der Waals surface area contributed by atoms with Crippen molar-refractivity contribution in [2.24, 2.45) is 0 Å². The molecule has 0 spiro atoms. The fraction of sp³-hybridized carbons (Fsp3) is 0.308. The molecule has 0 amide bonds. The van der Waals surface area contributed by atoms with Gasteiger partial charge >= 0.3 is 0 Å². The first-order chi connectivity index (χ1) is 8.25. The maximum atomic E-state index is 13.0. The molecule has 2 aromatic rings. The predicted octanol–water partition coefficient (Wildman–Crippen LogP) is 2.92. The number of aryl methyl sites for hydroxylation is 1. The topological polar surface area (TPSA) is 24.9 Å². The van der Waals surface area contributed by atoms with E-state index in [0.717, 1.165) is 29.1 Å². The molecule has 90 valence electrons. The fourth-order valence-corrected chi connectivity index (χ4v) is 2.25. The Morgan fingerprint density at radius 3 is 3.06 bits per heavy atom. The first kappa shape index (κ1) is 12.2. The monoisotopic (exact) mass is 250 g/mol. The predicted molar refractivity (Wildman–Crippen MR) is 68.7 cm³/mol. The van der Waals surface area contributed by atoms with E-state index < -0.39 is 0 Å². The van der Waals surface area contributed by atoms with Crippen LogP contribution in [0.25, 0.3) is 0 Å². The van der Waals surface area contributed by atoms with Crippen molar-refractivity contribution in [2.45, 2.75) is 19.9 Å². The van der Waals surface area contributed by atoms with Crippen molar-refractivity contribution >= 4 is 11.3 Å². The van der Waals surface area contributed by atoms with Gasteiger partial charge in [-0.05, 0) is 30.2 Å². The maximum Gasteiger partial charge on any atom is 0.123 e. The van der Waals surface area contributed by atoms with E-state index in [9.17, 15) is 4.39 Å². The number of hydrogen-bond donors (Lipinski definition) is 1. The van der Waals surface area contributed by atoms with Crippen molar-refractivity contribution in [1.82, 2.24) is 10.3 Å². The lowest BCUT2D eigenvalue weighted by atomic mass is 10.1. The van der Waals surface area contributed by atoms with Gasteiger partial charge in [0.2, 0.25) is 0 Å². The molecular formula is C13H15FN2S. The lowest BCUT2D eigenvalue weighted by Gasteiger charge is -2.07. The van der Waals surface area contributed by atoms with Crippen molar-refractivity contribution in [3.05, 3.63) is 51.7 Å². The van der Waals surface area contributed by atoms with Gasteiger partial charge in [-0.2, -0.15) is 0 Å². The number of aromatic nitrogens is 1. The summed E-state index contributed by atoms with van der Waals surface area (Å²) >= 11 is 1.66. The number of benzene rings is 1. The third-order valence-corrected chi connectivity index (χ3v) is 3.47. The summed E-state index contributed by atoms with van der Waals surface area (Å²) in [5.41, 5.74) is 2.14. The molecule has 0 aliphatic carbocycles. The Kier molecular flexibility index (Phi) is 4.23. The normalized spacial score (nSPS) is 10.7. The summed E-state index contributed by atoms with van der Waals surface area (Å²) in [6.45, 7) is 3.57. The highest BCUT2D eigenvalue weighted by molar-refractivity contribution is 7.09. The van der Waals surface area contributed by atoms with Crippen molar-refractivity contribution in [2.75, 3.05) is 6.54 Å². The average molecular weight is 250 g/mol. The third-order valence-electron chi connectivity index (χ3n) is 2.63. The number of nitrogens with zero attached hydrogens (tertiary/aromatic N) is 1. The molecule has 2 nitrogen and oxygen atoms in total. The average Bonchev–Trinajstić information content (AvgIpc) is 2.82. The Bertz CT molecular complexity index is 468. The van der Waals surface area contributed by atoms with E-state index in [-0.39, 0.29) is 5.82 Å². The SMILES string of the molecule is Cc1ccc(F)cc1CNCCc1nccs1. The molecule has 0 fully saturated rings. The minimum absolute atomic E-state index is 0.174. The highest BCUT2D eigenvalue weighted by Gasteiger charge is 2.00. The molecule has 0 saturated heterocycles. The zero-order valence-electron chi connectivity index (χ0n) is 9.74. The molecule has 1 heterocycles. The Morgan fingerprint density at radius 1 is 1.41 bits per heavy atom. The summed E-state index contributed by atoms with van der Waals surface area (Å²) in [6.07, 6.45) is 2.74. The second kappa shape index (κ2) is 5.89. The van der Waals surface area contributed by atoms with E-state index in [4.69, 9.17) is 0 Å². The van der Waals surface area contributed by atoms with Crippen molar-refractivity contribution in [1.29, 1.82) is 0 Å². The van der Waals surface area contributed by atoms with Crippen LogP contribution in [0.3, 0.4) is 0 Å². The quantitative estimate of drug-likeness (QED) is 0.825. The second-order valence-electron chi connectivity index (χ2n) is 3.92. The van der Waals surface area contributed by atoms with Crippen LogP contribution in [0.1, 0.15) is 16.1 Å². The molecule has 1 aromatic heterocycles. The van der Waals surface area contributed by atoms with E-state index in [1.807, 2.05) is 24.6 Å². The smallest absolute Gasteiger partial charge is 0.123 e. The zero-order valence-corrected chi connectivity index (χ0v) is 10.6. The second-order valence-corrected chi connectivity index (χ2v) is 4.90. The number of halogens is 1. The minimum atomic E-state index is -0.174. The summed E-state index contributed by atoms with van der Waals surface area (Å²) in [5.74, 6) is -0.174. The largest absolute Gasteiger partial charge is 0.312 e. The first-order valence-electron chi connectivity index (χ1n) is 5.60. The van der Waals surface area contributed by atoms with E-state index in [2.05, 4.69) is 10.3 Å². The Hall–Kier alpha value is -1.26. The number of thiazole rings is 1. The van der Waals surface area contributed by atoms with Crippen LogP contribution in [-0.4, -0.2) is 11.5 Å². The number of nitrogens with one attached hydrogen (secondary N) is 1. The van der Waals surface area contributed by atoms with Gasteiger partial charge in [0, 0.05) is 31.1 Å². The van der Waals surface area contributed by atoms with Crippen LogP contribution in [0.5, 0.6) is 0 Å². The molecule has 0 unspecified atom stereocenters. The van der Waals surface area contributed by atoms with Gasteiger partial charge in [0.1, 0.15) is 5.82 Å². The molecule has 0 atom stereocenters. The van der Waals surface area contributed by atoms with Crippen LogP contribution < -0.4 is 5.32 Å². The van der Waals surface area contributed by atoms with Crippen molar-refractivity contribution in [3.8, 4) is 0 Å². The summed E-state index contributed by atoms with van der Waals surface area (Å²) in [4.78, 5) is 4.21. The molecule has 1 aromatic carbocycles. The molecule has 0 bridgehead atoms. The standard InChI is InChI=1S/C13H15FN2S/c1-10-2-3-12(14)8-11(10)9-15-5-4-13-16-6-7-17-13/h2-3,6-8,15H,4-5,9H2,1H3. The van der Waals surface area contributed by atoms with Crippen LogP contribution in [0.2, 0.25) is 0 Å². The maximum absolute atomic E-state index is 13.0. The summed E-state index contributed by atoms with van der Waals surface area (Å²) in [5, 5.41) is 6.42. The molecule has 0 saturated carbocycles. The third kappa shape index (κ3) is 3.61. The lowest BCUT2D eigenvalue weighted by molar-refractivity contribution is 0.618. The minimum Gasteiger partial charge on any atom is -0.312 e. The molecule has 1 N–H and O–H groups in total. The van der Waals surface area contributed by atoms with Crippen LogP contribution in [0.15, 0.2) is 29.8 Å². The van der Waals surface area contributed by atoms with Crippen LogP contribution in [0, 0.1) is 12.7 Å². The van der Waals surface area contributed by atoms with E-state index >= 15 is 0 Å². The van der Waals surface area contributed by atoms with Gasteiger partial charge in [0.05, 0.1) is 5.01 Å². The van der Waals surface area contributed by atoms with Gasteiger partial charge in [-0.25, -0.2) is 9.37 Å². The fourth-order valence-electron chi connectivity index (χ4n) is 1.63. The van der Waals surface area contributed by atoms with Crippen LogP contribution in [0.4, 0.5) is 4.39 Å². The van der Waals surface area contributed by atoms with Gasteiger partial charge in [0.15, 0.2) is 0 Å². The molecule has 0 radical (unpaired) electrons. The van der Waals surface area contributed by atoms with Gasteiger partial charge in [-0.3, -0.25) is 0 Å². The number of rotatable bonds is 5. The van der Waals surface area contributed by atoms with E-state index in [1.165, 1.54) is 6.07 Å². The van der Waals surface area contributed by atoms with Gasteiger partial charge < -0.3 is 5.32 Å². The summed E-state index contributed by atoms with van der Waals surface area (Å²) in [6, 6.07) is 4.90. The lowest BCUT2D eigenvalue weighted by Crippen LogP contribution is -2.17. The van der Waals surface area contributed by atoms with Crippen LogP contribution in [-0.2, 0) is 13.0 Å². The highest BCUT2D eigenvalue weighted by Crippen LogP contribution is 2.10. The van der Waals surface area contributed by atoms with Gasteiger partial charge in [-0.1, -0.05) is 6.07 Å². The Balaban J connectivity index is 1.80. The molecule has 2 rings (SSSR count). The molecule has 4 heteroatoms. The molecule has 0 aliphatic heterocycles. The first-order valence-corrected chi connectivity index (χ1v) is 6.48.